The average molecular weight is 357 g/mol. The lowest BCUT2D eigenvalue weighted by Crippen LogP contribution is -2.25. The molecule has 3 rings (SSSR count). The average Bonchev–Trinajstić information content (AvgIpc) is 2.69. The monoisotopic (exact) mass is 357 g/mol. The number of allylic oxidation sites excluding steroid dienone is 2. The van der Waals surface area contributed by atoms with Crippen LogP contribution < -0.4 is 0 Å². The topological polar surface area (TPSA) is 23.8 Å². The van der Waals surface area contributed by atoms with Gasteiger partial charge in [0.2, 0.25) is 0 Å². The quantitative estimate of drug-likeness (QED) is 0.517. The predicted octanol–water partition coefficient (Wildman–Crippen LogP) is 7.06. The van der Waals surface area contributed by atoms with Gasteiger partial charge in [-0.05, 0) is 98.8 Å². The Morgan fingerprint density at radius 3 is 2.12 bits per heavy atom. The predicted molar refractivity (Wildman–Crippen MR) is 101 cm³/mol. The van der Waals surface area contributed by atoms with Gasteiger partial charge < -0.3 is 0 Å². The molecule has 0 unspecified atom stereocenters. The van der Waals surface area contributed by atoms with Crippen molar-refractivity contribution >= 4 is 0 Å². The second kappa shape index (κ2) is 9.31. The summed E-state index contributed by atoms with van der Waals surface area (Å²) in [6, 6.07) is 8.62. The molecule has 0 radical (unpaired) electrons. The number of nitrogens with zero attached hydrogens (tertiary/aromatic N) is 1. The van der Waals surface area contributed by atoms with Gasteiger partial charge in [0.05, 0.1) is 0 Å². The molecule has 0 bridgehead atoms. The second-order valence-corrected chi connectivity index (χ2v) is 8.19. The van der Waals surface area contributed by atoms with E-state index in [1.807, 2.05) is 12.1 Å². The summed E-state index contributed by atoms with van der Waals surface area (Å²) in [6.07, 6.45) is 13.3. The molecular weight excluding hydrogens is 328 g/mol. The summed E-state index contributed by atoms with van der Waals surface area (Å²) in [5, 5.41) is 8.44. The Kier molecular flexibility index (Phi) is 6.83. The molecule has 0 atom stereocenters. The molecule has 0 saturated heterocycles. The summed E-state index contributed by atoms with van der Waals surface area (Å²) < 4.78 is 25.9. The molecule has 1 aromatic carbocycles. The van der Waals surface area contributed by atoms with Gasteiger partial charge >= 0.3 is 0 Å². The Balaban J connectivity index is 1.39. The SMILES string of the molecule is N#CC(F)=CCC[C@H]1CC[C@H]([C@H]2CC[C@H](c3ccc(F)cc3)CC2)CC1. The third-order valence-corrected chi connectivity index (χ3v) is 6.68. The zero-order valence-corrected chi connectivity index (χ0v) is 15.5. The Morgan fingerprint density at radius 2 is 1.54 bits per heavy atom. The molecule has 2 fully saturated rings. The molecule has 0 N–H and O–H groups in total. The fourth-order valence-electron chi connectivity index (χ4n) is 5.10. The van der Waals surface area contributed by atoms with Gasteiger partial charge in [0.25, 0.3) is 0 Å². The number of hydrogen-bond donors (Lipinski definition) is 0. The maximum Gasteiger partial charge on any atom is 0.196 e. The lowest BCUT2D eigenvalue weighted by Gasteiger charge is -2.38. The van der Waals surface area contributed by atoms with Crippen molar-refractivity contribution in [1.29, 1.82) is 5.26 Å². The Morgan fingerprint density at radius 1 is 0.962 bits per heavy atom. The van der Waals surface area contributed by atoms with Crippen molar-refractivity contribution in [3.05, 3.63) is 47.5 Å². The van der Waals surface area contributed by atoms with Crippen LogP contribution in [0, 0.1) is 34.9 Å². The standard InChI is InChI=1S/C23H29F2N/c24-22-14-12-21(13-15-22)20-10-8-19(9-11-20)18-6-4-17(5-7-18)2-1-3-23(25)16-26/h3,12-15,17-20H,1-2,4-11H2/t17-,18-,19-,20-. The van der Waals surface area contributed by atoms with Gasteiger partial charge in [-0.2, -0.15) is 9.65 Å². The highest BCUT2D eigenvalue weighted by Gasteiger charge is 2.31. The van der Waals surface area contributed by atoms with Gasteiger partial charge in [0.1, 0.15) is 11.9 Å². The Hall–Kier alpha value is -1.69. The zero-order chi connectivity index (χ0) is 18.4. The molecule has 0 aliphatic heterocycles. The van der Waals surface area contributed by atoms with E-state index in [0.717, 1.165) is 18.3 Å². The molecule has 0 spiro atoms. The molecule has 2 aliphatic rings. The summed E-state index contributed by atoms with van der Waals surface area (Å²) in [5.41, 5.74) is 1.30. The maximum atomic E-state index is 13.1. The van der Waals surface area contributed by atoms with E-state index in [9.17, 15) is 8.78 Å². The maximum absolute atomic E-state index is 13.1. The van der Waals surface area contributed by atoms with Crippen molar-refractivity contribution in [3.63, 3.8) is 0 Å². The third-order valence-electron chi connectivity index (χ3n) is 6.68. The van der Waals surface area contributed by atoms with Crippen LogP contribution in [0.15, 0.2) is 36.2 Å². The van der Waals surface area contributed by atoms with Crippen LogP contribution in [0.2, 0.25) is 0 Å². The number of halogens is 2. The molecule has 2 aliphatic carbocycles. The summed E-state index contributed by atoms with van der Waals surface area (Å²) in [5.74, 6) is 2.21. The highest BCUT2D eigenvalue weighted by Crippen LogP contribution is 2.44. The van der Waals surface area contributed by atoms with E-state index in [1.165, 1.54) is 63.0 Å². The van der Waals surface area contributed by atoms with E-state index in [4.69, 9.17) is 5.26 Å². The normalized spacial score (nSPS) is 30.0. The van der Waals surface area contributed by atoms with Crippen LogP contribution >= 0.6 is 0 Å². The minimum Gasteiger partial charge on any atom is -0.207 e. The highest BCUT2D eigenvalue weighted by atomic mass is 19.1. The lowest BCUT2D eigenvalue weighted by atomic mass is 9.68. The van der Waals surface area contributed by atoms with Crippen molar-refractivity contribution in [1.82, 2.24) is 0 Å². The molecule has 0 amide bonds. The summed E-state index contributed by atoms with van der Waals surface area (Å²) in [6.45, 7) is 0. The Bertz CT molecular complexity index is 627. The van der Waals surface area contributed by atoms with Crippen LogP contribution in [-0.2, 0) is 0 Å². The number of rotatable bonds is 5. The summed E-state index contributed by atoms with van der Waals surface area (Å²) in [7, 11) is 0. The minimum atomic E-state index is -0.642. The summed E-state index contributed by atoms with van der Waals surface area (Å²) in [4.78, 5) is 0. The minimum absolute atomic E-state index is 0.148. The van der Waals surface area contributed by atoms with Gasteiger partial charge in [0.15, 0.2) is 5.83 Å². The first-order chi connectivity index (χ1) is 12.7. The van der Waals surface area contributed by atoms with Crippen LogP contribution in [0.5, 0.6) is 0 Å². The Labute approximate surface area is 156 Å². The fraction of sp³-hybridized carbons (Fsp3) is 0.609. The molecule has 1 aromatic rings. The lowest BCUT2D eigenvalue weighted by molar-refractivity contribution is 0.157. The van der Waals surface area contributed by atoms with Crippen molar-refractivity contribution in [3.8, 4) is 6.07 Å². The van der Waals surface area contributed by atoms with Crippen molar-refractivity contribution in [2.24, 2.45) is 17.8 Å². The van der Waals surface area contributed by atoms with E-state index in [-0.39, 0.29) is 5.82 Å². The molecule has 140 valence electrons. The number of nitriles is 1. The summed E-state index contributed by atoms with van der Waals surface area (Å²) >= 11 is 0. The first-order valence-electron chi connectivity index (χ1n) is 10.2. The number of hydrogen-bond acceptors (Lipinski definition) is 1. The smallest absolute Gasteiger partial charge is 0.196 e. The molecular formula is C23H29F2N. The van der Waals surface area contributed by atoms with Gasteiger partial charge in [-0.15, -0.1) is 0 Å². The van der Waals surface area contributed by atoms with E-state index >= 15 is 0 Å². The largest absolute Gasteiger partial charge is 0.207 e. The van der Waals surface area contributed by atoms with E-state index < -0.39 is 5.83 Å². The van der Waals surface area contributed by atoms with Crippen LogP contribution in [0.25, 0.3) is 0 Å². The van der Waals surface area contributed by atoms with Crippen molar-refractivity contribution in [2.45, 2.75) is 70.1 Å². The van der Waals surface area contributed by atoms with Gasteiger partial charge in [-0.25, -0.2) is 4.39 Å². The molecule has 26 heavy (non-hydrogen) atoms. The van der Waals surface area contributed by atoms with E-state index in [0.29, 0.717) is 18.3 Å². The number of benzene rings is 1. The molecule has 3 heteroatoms. The van der Waals surface area contributed by atoms with Crippen molar-refractivity contribution < 1.29 is 8.78 Å². The van der Waals surface area contributed by atoms with Crippen molar-refractivity contribution in [2.75, 3.05) is 0 Å². The van der Waals surface area contributed by atoms with Gasteiger partial charge in [-0.1, -0.05) is 25.0 Å². The van der Waals surface area contributed by atoms with Crippen LogP contribution in [0.3, 0.4) is 0 Å². The van der Waals surface area contributed by atoms with Crippen LogP contribution in [0.4, 0.5) is 8.78 Å². The highest BCUT2D eigenvalue weighted by molar-refractivity contribution is 5.21. The van der Waals surface area contributed by atoms with E-state index in [2.05, 4.69) is 0 Å². The molecule has 2 saturated carbocycles. The van der Waals surface area contributed by atoms with Gasteiger partial charge in [-0.3, -0.25) is 0 Å². The fourth-order valence-corrected chi connectivity index (χ4v) is 5.10. The van der Waals surface area contributed by atoms with E-state index in [1.54, 1.807) is 18.2 Å². The van der Waals surface area contributed by atoms with Crippen LogP contribution in [0.1, 0.15) is 75.7 Å². The zero-order valence-electron chi connectivity index (χ0n) is 15.5. The third kappa shape index (κ3) is 5.16. The first kappa shape index (κ1) is 19.1. The molecule has 0 aromatic heterocycles. The molecule has 1 nitrogen and oxygen atoms in total. The molecule has 0 heterocycles. The van der Waals surface area contributed by atoms with Crippen LogP contribution in [-0.4, -0.2) is 0 Å². The second-order valence-electron chi connectivity index (χ2n) is 8.19. The van der Waals surface area contributed by atoms with Gasteiger partial charge in [0, 0.05) is 0 Å². The first-order valence-corrected chi connectivity index (χ1v) is 10.2.